The lowest BCUT2D eigenvalue weighted by molar-refractivity contribution is -0.274. The molecule has 3 N–H and O–H groups in total. The number of ether oxygens (including phenoxy) is 3. The number of benzene rings is 2. The quantitative estimate of drug-likeness (QED) is 0.320. The first-order valence-electron chi connectivity index (χ1n) is 9.05. The van der Waals surface area contributed by atoms with Crippen molar-refractivity contribution in [2.75, 3.05) is 18.5 Å². The Morgan fingerprint density at radius 1 is 1.23 bits per heavy atom. The van der Waals surface area contributed by atoms with Gasteiger partial charge in [-0.3, -0.25) is 0 Å². The summed E-state index contributed by atoms with van der Waals surface area (Å²) in [7, 11) is 0. The molecule has 1 aliphatic rings. The zero-order chi connectivity index (χ0) is 20.9. The molecule has 3 rings (SSSR count). The van der Waals surface area contributed by atoms with Gasteiger partial charge in [0, 0.05) is 17.7 Å². The van der Waals surface area contributed by atoms with E-state index in [9.17, 15) is 13.2 Å². The van der Waals surface area contributed by atoms with Gasteiger partial charge in [-0.1, -0.05) is 12.1 Å². The van der Waals surface area contributed by atoms with Crippen LogP contribution in [0.25, 0.3) is 0 Å². The number of alkyl halides is 3. The highest BCUT2D eigenvalue weighted by Gasteiger charge is 2.30. The number of aliphatic imine (C=N–C) groups is 1. The second-order valence-corrected chi connectivity index (χ2v) is 6.61. The molecule has 1 aliphatic heterocycles. The molecule has 0 saturated carbocycles. The van der Waals surface area contributed by atoms with Gasteiger partial charge in [-0.2, -0.15) is 0 Å². The van der Waals surface area contributed by atoms with E-state index in [1.54, 1.807) is 0 Å². The van der Waals surface area contributed by atoms with Crippen LogP contribution in [0.1, 0.15) is 17.5 Å². The summed E-state index contributed by atoms with van der Waals surface area (Å²) in [6, 6.07) is 11.1. The standard InChI is InChI=1S/C20H22F3N3O3.HI/c1-13-2-3-14(18(10-13)28-17-8-9-27-12-17)11-25-19(24)26-15-4-6-16(7-5-15)29-20(21,22)23;/h2-7,10,17H,8-9,11-12H2,1H3,(H3,24,25,26);1H. The zero-order valence-corrected chi connectivity index (χ0v) is 18.6. The number of nitrogens with one attached hydrogen (secondary N) is 1. The maximum absolute atomic E-state index is 12.2. The molecule has 0 aromatic heterocycles. The Kier molecular flexibility index (Phi) is 8.59. The van der Waals surface area contributed by atoms with E-state index < -0.39 is 6.36 Å². The molecule has 0 amide bonds. The summed E-state index contributed by atoms with van der Waals surface area (Å²) >= 11 is 0. The average Bonchev–Trinajstić information content (AvgIpc) is 3.14. The third kappa shape index (κ3) is 7.56. The molecule has 1 atom stereocenters. The lowest BCUT2D eigenvalue weighted by atomic mass is 10.1. The van der Waals surface area contributed by atoms with Crippen molar-refractivity contribution in [2.45, 2.75) is 32.4 Å². The third-order valence-electron chi connectivity index (χ3n) is 4.18. The molecule has 1 saturated heterocycles. The van der Waals surface area contributed by atoms with Gasteiger partial charge in [-0.05, 0) is 42.8 Å². The number of anilines is 1. The fourth-order valence-corrected chi connectivity index (χ4v) is 2.79. The first kappa shape index (κ1) is 24.1. The molecular formula is C20H23F3IN3O3. The first-order chi connectivity index (χ1) is 13.8. The maximum atomic E-state index is 12.2. The normalized spacial score (nSPS) is 16.7. The molecule has 6 nitrogen and oxygen atoms in total. The van der Waals surface area contributed by atoms with Gasteiger partial charge in [0.2, 0.25) is 0 Å². The summed E-state index contributed by atoms with van der Waals surface area (Å²) in [5.41, 5.74) is 8.34. The molecule has 1 heterocycles. The lowest BCUT2D eigenvalue weighted by Gasteiger charge is -2.16. The van der Waals surface area contributed by atoms with Gasteiger partial charge < -0.3 is 25.3 Å². The van der Waals surface area contributed by atoms with E-state index in [0.717, 1.165) is 23.3 Å². The molecule has 1 unspecified atom stereocenters. The second kappa shape index (κ2) is 10.7. The van der Waals surface area contributed by atoms with Crippen LogP contribution in [0.2, 0.25) is 0 Å². The minimum absolute atomic E-state index is 0. The molecule has 0 bridgehead atoms. The smallest absolute Gasteiger partial charge is 0.488 e. The van der Waals surface area contributed by atoms with Gasteiger partial charge in [0.05, 0.1) is 19.8 Å². The Morgan fingerprint density at radius 2 is 1.97 bits per heavy atom. The van der Waals surface area contributed by atoms with Crippen molar-refractivity contribution in [3.8, 4) is 11.5 Å². The van der Waals surface area contributed by atoms with Crippen LogP contribution in [0, 0.1) is 6.92 Å². The van der Waals surface area contributed by atoms with E-state index in [1.807, 2.05) is 25.1 Å². The van der Waals surface area contributed by atoms with Crippen molar-refractivity contribution in [3.05, 3.63) is 53.6 Å². The number of rotatable bonds is 6. The van der Waals surface area contributed by atoms with E-state index in [4.69, 9.17) is 15.2 Å². The van der Waals surface area contributed by atoms with Gasteiger partial charge in [-0.15, -0.1) is 37.1 Å². The van der Waals surface area contributed by atoms with E-state index >= 15 is 0 Å². The van der Waals surface area contributed by atoms with E-state index in [0.29, 0.717) is 18.9 Å². The van der Waals surface area contributed by atoms with E-state index in [-0.39, 0.29) is 48.3 Å². The summed E-state index contributed by atoms with van der Waals surface area (Å²) in [6.07, 6.45) is -3.87. The Hall–Kier alpha value is -2.21. The van der Waals surface area contributed by atoms with Gasteiger partial charge in [0.15, 0.2) is 5.96 Å². The second-order valence-electron chi connectivity index (χ2n) is 6.61. The number of guanidine groups is 1. The molecule has 2 aromatic carbocycles. The van der Waals surface area contributed by atoms with Crippen LogP contribution in [-0.4, -0.2) is 31.6 Å². The molecular weight excluding hydrogens is 514 g/mol. The highest BCUT2D eigenvalue weighted by Crippen LogP contribution is 2.25. The monoisotopic (exact) mass is 537 g/mol. The predicted octanol–water partition coefficient (Wildman–Crippen LogP) is 4.61. The summed E-state index contributed by atoms with van der Waals surface area (Å²) in [4.78, 5) is 4.30. The lowest BCUT2D eigenvalue weighted by Crippen LogP contribution is -2.23. The number of nitrogens with zero attached hydrogens (tertiary/aromatic N) is 1. The average molecular weight is 537 g/mol. The van der Waals surface area contributed by atoms with Crippen molar-refractivity contribution in [1.82, 2.24) is 0 Å². The largest absolute Gasteiger partial charge is 0.573 e. The van der Waals surface area contributed by atoms with Gasteiger partial charge in [0.25, 0.3) is 0 Å². The number of halogens is 4. The topological polar surface area (TPSA) is 78.1 Å². The highest BCUT2D eigenvalue weighted by atomic mass is 127. The van der Waals surface area contributed by atoms with Crippen molar-refractivity contribution in [2.24, 2.45) is 10.7 Å². The number of hydrogen-bond donors (Lipinski definition) is 2. The number of aryl methyl sites for hydroxylation is 1. The molecule has 0 radical (unpaired) electrons. The van der Waals surface area contributed by atoms with Crippen LogP contribution < -0.4 is 20.5 Å². The fourth-order valence-electron chi connectivity index (χ4n) is 2.79. The molecule has 0 aliphatic carbocycles. The number of hydrogen-bond acceptors (Lipinski definition) is 4. The van der Waals surface area contributed by atoms with Crippen LogP contribution in [0.3, 0.4) is 0 Å². The van der Waals surface area contributed by atoms with Gasteiger partial charge in [0.1, 0.15) is 17.6 Å². The van der Waals surface area contributed by atoms with Gasteiger partial charge in [-0.25, -0.2) is 4.99 Å². The van der Waals surface area contributed by atoms with E-state index in [2.05, 4.69) is 15.0 Å². The van der Waals surface area contributed by atoms with Crippen molar-refractivity contribution < 1.29 is 27.4 Å². The number of nitrogens with two attached hydrogens (primary N) is 1. The van der Waals surface area contributed by atoms with Crippen molar-refractivity contribution in [1.29, 1.82) is 0 Å². The Labute approximate surface area is 189 Å². The highest BCUT2D eigenvalue weighted by molar-refractivity contribution is 14.0. The molecule has 30 heavy (non-hydrogen) atoms. The van der Waals surface area contributed by atoms with Crippen LogP contribution in [0.15, 0.2) is 47.5 Å². The summed E-state index contributed by atoms with van der Waals surface area (Å²) in [6.45, 7) is 3.52. The molecule has 164 valence electrons. The fraction of sp³-hybridized carbons (Fsp3) is 0.350. The minimum atomic E-state index is -4.73. The minimum Gasteiger partial charge on any atom is -0.488 e. The Morgan fingerprint density at radius 3 is 2.60 bits per heavy atom. The van der Waals surface area contributed by atoms with Gasteiger partial charge >= 0.3 is 6.36 Å². The predicted molar refractivity (Wildman–Crippen MR) is 119 cm³/mol. The summed E-state index contributed by atoms with van der Waals surface area (Å²) < 4.78 is 51.8. The SMILES string of the molecule is Cc1ccc(CN=C(N)Nc2ccc(OC(F)(F)F)cc2)c(OC2CCOC2)c1.I. The third-order valence-corrected chi connectivity index (χ3v) is 4.18. The van der Waals surface area contributed by atoms with Crippen molar-refractivity contribution in [3.63, 3.8) is 0 Å². The molecule has 2 aromatic rings. The first-order valence-corrected chi connectivity index (χ1v) is 9.05. The Balaban J connectivity index is 0.00000320. The summed E-state index contributed by atoms with van der Waals surface area (Å²) in [5.74, 6) is 0.562. The van der Waals surface area contributed by atoms with Crippen molar-refractivity contribution >= 4 is 35.6 Å². The molecule has 0 spiro atoms. The molecule has 10 heteroatoms. The van der Waals surface area contributed by atoms with Crippen LogP contribution >= 0.6 is 24.0 Å². The van der Waals surface area contributed by atoms with Crippen LogP contribution in [-0.2, 0) is 11.3 Å². The summed E-state index contributed by atoms with van der Waals surface area (Å²) in [5, 5.41) is 2.84. The Bertz CT molecular complexity index is 855. The zero-order valence-electron chi connectivity index (χ0n) is 16.2. The maximum Gasteiger partial charge on any atom is 0.573 e. The van der Waals surface area contributed by atoms with E-state index in [1.165, 1.54) is 24.3 Å². The van der Waals surface area contributed by atoms with Crippen LogP contribution in [0.5, 0.6) is 11.5 Å². The van der Waals surface area contributed by atoms with Crippen LogP contribution in [0.4, 0.5) is 18.9 Å². The molecule has 1 fully saturated rings.